The number of carbonyl (C=O) groups is 1. The van der Waals surface area contributed by atoms with Gasteiger partial charge in [0.05, 0.1) is 5.56 Å². The molecule has 92 valence electrons. The zero-order valence-corrected chi connectivity index (χ0v) is 9.78. The first-order valence-corrected chi connectivity index (χ1v) is 5.36. The quantitative estimate of drug-likeness (QED) is 0.822. The molecule has 2 N–H and O–H groups in total. The van der Waals surface area contributed by atoms with Gasteiger partial charge < -0.3 is 10.4 Å². The highest BCUT2D eigenvalue weighted by molar-refractivity contribution is 6.29. The van der Waals surface area contributed by atoms with Gasteiger partial charge in [-0.2, -0.15) is 0 Å². The Hall–Kier alpha value is -2.14. The van der Waals surface area contributed by atoms with Crippen molar-refractivity contribution in [2.24, 2.45) is 0 Å². The van der Waals surface area contributed by atoms with Crippen LogP contribution in [-0.4, -0.2) is 16.0 Å². The largest absolute Gasteiger partial charge is 0.507 e. The van der Waals surface area contributed by atoms with E-state index in [1.807, 2.05) is 0 Å². The van der Waals surface area contributed by atoms with Crippen molar-refractivity contribution in [2.45, 2.75) is 0 Å². The third kappa shape index (κ3) is 2.75. The maximum atomic E-state index is 13.0. The molecule has 1 aromatic heterocycles. The number of phenols is 1. The highest BCUT2D eigenvalue weighted by Crippen LogP contribution is 2.19. The Bertz CT molecular complexity index is 604. The normalized spacial score (nSPS) is 10.1. The number of hydrogen-bond donors (Lipinski definition) is 2. The maximum Gasteiger partial charge on any atom is 0.260 e. The van der Waals surface area contributed by atoms with Crippen LogP contribution in [0.4, 0.5) is 10.2 Å². The molecule has 6 heteroatoms. The number of amides is 1. The molecular weight excluding hydrogens is 259 g/mol. The number of anilines is 1. The number of aromatic nitrogens is 1. The van der Waals surface area contributed by atoms with Crippen LogP contribution in [0.5, 0.6) is 5.75 Å². The van der Waals surface area contributed by atoms with Crippen LogP contribution >= 0.6 is 11.6 Å². The first-order valence-electron chi connectivity index (χ1n) is 4.98. The smallest absolute Gasteiger partial charge is 0.260 e. The minimum absolute atomic E-state index is 0.170. The summed E-state index contributed by atoms with van der Waals surface area (Å²) >= 11 is 5.66. The van der Waals surface area contributed by atoms with Gasteiger partial charge in [-0.3, -0.25) is 4.79 Å². The highest BCUT2D eigenvalue weighted by atomic mass is 35.5. The topological polar surface area (TPSA) is 62.2 Å². The SMILES string of the molecule is O=C(Nc1cccc(Cl)n1)c1cc(F)ccc1O. The first kappa shape index (κ1) is 12.3. The van der Waals surface area contributed by atoms with Gasteiger partial charge >= 0.3 is 0 Å². The third-order valence-electron chi connectivity index (χ3n) is 2.16. The Labute approximate surface area is 107 Å². The average Bonchev–Trinajstić information content (AvgIpc) is 2.32. The van der Waals surface area contributed by atoms with E-state index < -0.39 is 11.7 Å². The maximum absolute atomic E-state index is 13.0. The van der Waals surface area contributed by atoms with E-state index in [0.29, 0.717) is 0 Å². The van der Waals surface area contributed by atoms with Crippen molar-refractivity contribution in [2.75, 3.05) is 5.32 Å². The van der Waals surface area contributed by atoms with E-state index in [4.69, 9.17) is 11.6 Å². The monoisotopic (exact) mass is 266 g/mol. The molecule has 1 aromatic carbocycles. The molecule has 1 amide bonds. The van der Waals surface area contributed by atoms with Crippen molar-refractivity contribution in [1.82, 2.24) is 4.98 Å². The van der Waals surface area contributed by atoms with Crippen LogP contribution in [0.15, 0.2) is 36.4 Å². The van der Waals surface area contributed by atoms with Crippen molar-refractivity contribution >= 4 is 23.3 Å². The number of rotatable bonds is 2. The summed E-state index contributed by atoms with van der Waals surface area (Å²) < 4.78 is 13.0. The first-order chi connectivity index (χ1) is 8.56. The van der Waals surface area contributed by atoms with E-state index in [1.54, 1.807) is 12.1 Å². The molecule has 0 unspecified atom stereocenters. The van der Waals surface area contributed by atoms with Gasteiger partial charge in [0.2, 0.25) is 0 Å². The van der Waals surface area contributed by atoms with Crippen molar-refractivity contribution in [3.8, 4) is 5.75 Å². The van der Waals surface area contributed by atoms with Crippen LogP contribution in [-0.2, 0) is 0 Å². The summed E-state index contributed by atoms with van der Waals surface area (Å²) in [4.78, 5) is 15.6. The lowest BCUT2D eigenvalue weighted by Crippen LogP contribution is -2.13. The van der Waals surface area contributed by atoms with Crippen LogP contribution in [0.3, 0.4) is 0 Å². The van der Waals surface area contributed by atoms with E-state index >= 15 is 0 Å². The minimum atomic E-state index is -0.665. The molecular formula is C12H8ClFN2O2. The van der Waals surface area contributed by atoms with E-state index in [9.17, 15) is 14.3 Å². The summed E-state index contributed by atoms with van der Waals surface area (Å²) in [5, 5.41) is 12.1. The van der Waals surface area contributed by atoms with Gasteiger partial charge in [0, 0.05) is 0 Å². The number of pyridine rings is 1. The number of nitrogens with one attached hydrogen (secondary N) is 1. The number of halogens is 2. The zero-order chi connectivity index (χ0) is 13.1. The Morgan fingerprint density at radius 3 is 2.83 bits per heavy atom. The molecule has 0 fully saturated rings. The van der Waals surface area contributed by atoms with Crippen molar-refractivity contribution in [3.63, 3.8) is 0 Å². The highest BCUT2D eigenvalue weighted by Gasteiger charge is 2.13. The second-order valence-corrected chi connectivity index (χ2v) is 3.85. The summed E-state index contributed by atoms with van der Waals surface area (Å²) in [6.07, 6.45) is 0. The van der Waals surface area contributed by atoms with E-state index in [2.05, 4.69) is 10.3 Å². The molecule has 1 heterocycles. The van der Waals surface area contributed by atoms with Gasteiger partial charge in [0.25, 0.3) is 5.91 Å². The summed E-state index contributed by atoms with van der Waals surface area (Å²) in [6.45, 7) is 0. The average molecular weight is 267 g/mol. The lowest BCUT2D eigenvalue weighted by molar-refractivity contribution is 0.102. The number of phenolic OH excluding ortho intramolecular Hbond substituents is 1. The van der Waals surface area contributed by atoms with Crippen LogP contribution in [0.1, 0.15) is 10.4 Å². The molecule has 0 atom stereocenters. The third-order valence-corrected chi connectivity index (χ3v) is 2.37. The Morgan fingerprint density at radius 1 is 1.33 bits per heavy atom. The molecule has 0 radical (unpaired) electrons. The van der Waals surface area contributed by atoms with Crippen LogP contribution in [0.25, 0.3) is 0 Å². The van der Waals surface area contributed by atoms with E-state index in [-0.39, 0.29) is 22.3 Å². The predicted octanol–water partition coefficient (Wildman–Crippen LogP) is 2.83. The molecule has 0 aliphatic heterocycles. The minimum Gasteiger partial charge on any atom is -0.507 e. The van der Waals surface area contributed by atoms with Gasteiger partial charge in [-0.05, 0) is 30.3 Å². The fourth-order valence-corrected chi connectivity index (χ4v) is 1.52. The van der Waals surface area contributed by atoms with Gasteiger partial charge in [-0.1, -0.05) is 17.7 Å². The summed E-state index contributed by atoms with van der Waals surface area (Å²) in [5.41, 5.74) is -0.170. The molecule has 0 spiro atoms. The fraction of sp³-hybridized carbons (Fsp3) is 0. The Morgan fingerprint density at radius 2 is 2.11 bits per heavy atom. The molecule has 2 aromatic rings. The zero-order valence-electron chi connectivity index (χ0n) is 9.02. The molecule has 0 saturated heterocycles. The number of carbonyl (C=O) groups excluding carboxylic acids is 1. The number of aromatic hydroxyl groups is 1. The summed E-state index contributed by atoms with van der Waals surface area (Å²) in [6, 6.07) is 7.79. The van der Waals surface area contributed by atoms with Crippen molar-refractivity contribution in [3.05, 3.63) is 52.9 Å². The molecule has 0 aliphatic rings. The van der Waals surface area contributed by atoms with E-state index in [0.717, 1.165) is 18.2 Å². The van der Waals surface area contributed by atoms with E-state index in [1.165, 1.54) is 6.07 Å². The lowest BCUT2D eigenvalue weighted by atomic mass is 10.2. The van der Waals surface area contributed by atoms with Crippen LogP contribution in [0, 0.1) is 5.82 Å². The lowest BCUT2D eigenvalue weighted by Gasteiger charge is -2.06. The predicted molar refractivity (Wildman–Crippen MR) is 65.3 cm³/mol. The molecule has 0 bridgehead atoms. The molecule has 4 nitrogen and oxygen atoms in total. The number of nitrogens with zero attached hydrogens (tertiary/aromatic N) is 1. The van der Waals surface area contributed by atoms with Gasteiger partial charge in [0.15, 0.2) is 0 Å². The van der Waals surface area contributed by atoms with Gasteiger partial charge in [-0.25, -0.2) is 9.37 Å². The van der Waals surface area contributed by atoms with Crippen LogP contribution in [0.2, 0.25) is 5.15 Å². The van der Waals surface area contributed by atoms with Gasteiger partial charge in [0.1, 0.15) is 22.5 Å². The second kappa shape index (κ2) is 5.01. The molecule has 2 rings (SSSR count). The van der Waals surface area contributed by atoms with Gasteiger partial charge in [-0.15, -0.1) is 0 Å². The van der Waals surface area contributed by atoms with Crippen molar-refractivity contribution < 1.29 is 14.3 Å². The number of hydrogen-bond acceptors (Lipinski definition) is 3. The molecule has 0 saturated carbocycles. The van der Waals surface area contributed by atoms with Crippen molar-refractivity contribution in [1.29, 1.82) is 0 Å². The molecule has 0 aliphatic carbocycles. The fourth-order valence-electron chi connectivity index (χ4n) is 1.35. The Balaban J connectivity index is 2.24. The second-order valence-electron chi connectivity index (χ2n) is 3.46. The Kier molecular flexibility index (Phi) is 3.43. The molecule has 18 heavy (non-hydrogen) atoms. The number of benzene rings is 1. The standard InChI is InChI=1S/C12H8ClFN2O2/c13-10-2-1-3-11(15-10)16-12(18)8-6-7(14)4-5-9(8)17/h1-6,17H,(H,15,16,18). The summed E-state index contributed by atoms with van der Waals surface area (Å²) in [7, 11) is 0. The summed E-state index contributed by atoms with van der Waals surface area (Å²) in [5.74, 6) is -1.37. The van der Waals surface area contributed by atoms with Crippen LogP contribution < -0.4 is 5.32 Å².